The van der Waals surface area contributed by atoms with Crippen LogP contribution in [-0.4, -0.2) is 6.03 Å². The number of primary amides is 1. The third-order valence-corrected chi connectivity index (χ3v) is 1.86. The van der Waals surface area contributed by atoms with Crippen molar-refractivity contribution in [3.05, 3.63) is 29.3 Å². The summed E-state index contributed by atoms with van der Waals surface area (Å²) in [5.74, 6) is 0. The minimum absolute atomic E-state index is 0.0494. The summed E-state index contributed by atoms with van der Waals surface area (Å²) in [6.45, 7) is 0. The molecule has 2 amide bonds. The van der Waals surface area contributed by atoms with Crippen molar-refractivity contribution in [1.82, 2.24) is 0 Å². The summed E-state index contributed by atoms with van der Waals surface area (Å²) in [6.07, 6.45) is -9.93. The molecular weight excluding hydrogens is 266 g/mol. The number of benzene rings is 1. The Labute approximate surface area is 96.6 Å². The van der Waals surface area contributed by atoms with Gasteiger partial charge in [-0.15, -0.1) is 0 Å². The third-order valence-electron chi connectivity index (χ3n) is 1.86. The van der Waals surface area contributed by atoms with E-state index in [0.29, 0.717) is 12.1 Å². The topological polar surface area (TPSA) is 55.1 Å². The SMILES string of the molecule is NC(=O)Nc1cc(C(F)(F)F)cc(C(F)(F)F)c1. The largest absolute Gasteiger partial charge is 0.416 e. The van der Waals surface area contributed by atoms with Crippen molar-refractivity contribution in [2.45, 2.75) is 12.4 Å². The van der Waals surface area contributed by atoms with Gasteiger partial charge in [0.1, 0.15) is 0 Å². The van der Waals surface area contributed by atoms with E-state index < -0.39 is 35.2 Å². The fourth-order valence-corrected chi connectivity index (χ4v) is 1.17. The van der Waals surface area contributed by atoms with Crippen molar-refractivity contribution in [1.29, 1.82) is 0 Å². The second-order valence-corrected chi connectivity index (χ2v) is 3.28. The van der Waals surface area contributed by atoms with Crippen LogP contribution in [0.25, 0.3) is 0 Å². The second kappa shape index (κ2) is 4.39. The lowest BCUT2D eigenvalue weighted by Gasteiger charge is -2.14. The van der Waals surface area contributed by atoms with Crippen molar-refractivity contribution < 1.29 is 31.1 Å². The van der Waals surface area contributed by atoms with Crippen molar-refractivity contribution in [2.75, 3.05) is 5.32 Å². The Bertz CT molecular complexity index is 433. The van der Waals surface area contributed by atoms with Gasteiger partial charge < -0.3 is 11.1 Å². The summed E-state index contributed by atoms with van der Waals surface area (Å²) in [4.78, 5) is 10.4. The zero-order valence-corrected chi connectivity index (χ0v) is 8.49. The molecule has 0 unspecified atom stereocenters. The fourth-order valence-electron chi connectivity index (χ4n) is 1.17. The van der Waals surface area contributed by atoms with E-state index in [9.17, 15) is 31.1 Å². The van der Waals surface area contributed by atoms with Gasteiger partial charge in [0.2, 0.25) is 0 Å². The minimum Gasteiger partial charge on any atom is -0.351 e. The number of rotatable bonds is 1. The zero-order chi connectivity index (χ0) is 14.1. The first kappa shape index (κ1) is 14.1. The van der Waals surface area contributed by atoms with E-state index >= 15 is 0 Å². The van der Waals surface area contributed by atoms with Crippen LogP contribution in [0, 0.1) is 0 Å². The number of nitrogens with one attached hydrogen (secondary N) is 1. The van der Waals surface area contributed by atoms with Gasteiger partial charge in [0.05, 0.1) is 11.1 Å². The Balaban J connectivity index is 3.34. The van der Waals surface area contributed by atoms with Crippen molar-refractivity contribution in [3.63, 3.8) is 0 Å². The predicted molar refractivity (Wildman–Crippen MR) is 49.7 cm³/mol. The molecule has 0 saturated carbocycles. The number of hydrogen-bond donors (Lipinski definition) is 2. The van der Waals surface area contributed by atoms with E-state index in [1.807, 2.05) is 0 Å². The van der Waals surface area contributed by atoms with Gasteiger partial charge in [-0.25, -0.2) is 4.79 Å². The highest BCUT2D eigenvalue weighted by atomic mass is 19.4. The highest BCUT2D eigenvalue weighted by molar-refractivity contribution is 5.88. The second-order valence-electron chi connectivity index (χ2n) is 3.28. The van der Waals surface area contributed by atoms with E-state index in [2.05, 4.69) is 5.73 Å². The van der Waals surface area contributed by atoms with Crippen LogP contribution in [0.5, 0.6) is 0 Å². The number of alkyl halides is 6. The Morgan fingerprint density at radius 1 is 0.944 bits per heavy atom. The molecule has 1 rings (SSSR count). The van der Waals surface area contributed by atoms with Crippen LogP contribution in [0.4, 0.5) is 36.8 Å². The monoisotopic (exact) mass is 272 g/mol. The number of carbonyl (C=O) groups excluding carboxylic acids is 1. The molecule has 100 valence electrons. The average molecular weight is 272 g/mol. The number of halogens is 6. The first-order valence-corrected chi connectivity index (χ1v) is 4.36. The number of anilines is 1. The normalized spacial score (nSPS) is 12.3. The molecule has 0 fully saturated rings. The van der Waals surface area contributed by atoms with Gasteiger partial charge >= 0.3 is 18.4 Å². The number of urea groups is 1. The smallest absolute Gasteiger partial charge is 0.351 e. The lowest BCUT2D eigenvalue weighted by atomic mass is 10.1. The molecular formula is C9H6F6N2O. The average Bonchev–Trinajstić information content (AvgIpc) is 2.13. The maximum atomic E-state index is 12.4. The van der Waals surface area contributed by atoms with Crippen molar-refractivity contribution in [2.24, 2.45) is 5.73 Å². The molecule has 0 atom stereocenters. The van der Waals surface area contributed by atoms with Crippen LogP contribution in [0.3, 0.4) is 0 Å². The van der Waals surface area contributed by atoms with Crippen LogP contribution in [0.1, 0.15) is 11.1 Å². The van der Waals surface area contributed by atoms with Gasteiger partial charge in [0, 0.05) is 5.69 Å². The molecule has 0 aliphatic rings. The fraction of sp³-hybridized carbons (Fsp3) is 0.222. The van der Waals surface area contributed by atoms with Crippen LogP contribution in [0.2, 0.25) is 0 Å². The molecule has 9 heteroatoms. The van der Waals surface area contributed by atoms with Crippen molar-refractivity contribution >= 4 is 11.7 Å². The molecule has 3 N–H and O–H groups in total. The van der Waals surface area contributed by atoms with Crippen LogP contribution >= 0.6 is 0 Å². The van der Waals surface area contributed by atoms with E-state index in [1.165, 1.54) is 0 Å². The van der Waals surface area contributed by atoms with Gasteiger partial charge in [-0.2, -0.15) is 26.3 Å². The molecule has 1 aromatic carbocycles. The molecule has 0 aliphatic carbocycles. The Kier molecular flexibility index (Phi) is 3.45. The molecule has 0 saturated heterocycles. The van der Waals surface area contributed by atoms with Gasteiger partial charge in [0.25, 0.3) is 0 Å². The number of carbonyl (C=O) groups is 1. The molecule has 0 bridgehead atoms. The van der Waals surface area contributed by atoms with E-state index in [0.717, 1.165) is 0 Å². The number of hydrogen-bond acceptors (Lipinski definition) is 1. The molecule has 0 heterocycles. The van der Waals surface area contributed by atoms with Crippen LogP contribution in [0.15, 0.2) is 18.2 Å². The van der Waals surface area contributed by atoms with Gasteiger partial charge in [-0.3, -0.25) is 0 Å². The highest BCUT2D eigenvalue weighted by Gasteiger charge is 2.36. The van der Waals surface area contributed by atoms with Crippen molar-refractivity contribution in [3.8, 4) is 0 Å². The maximum absolute atomic E-state index is 12.4. The van der Waals surface area contributed by atoms with Gasteiger partial charge in [-0.1, -0.05) is 0 Å². The Morgan fingerprint density at radius 3 is 1.61 bits per heavy atom. The summed E-state index contributed by atoms with van der Waals surface area (Å²) in [7, 11) is 0. The Morgan fingerprint density at radius 2 is 1.33 bits per heavy atom. The molecule has 18 heavy (non-hydrogen) atoms. The molecule has 0 spiro atoms. The summed E-state index contributed by atoms with van der Waals surface area (Å²) in [5.41, 5.74) is 0.900. The van der Waals surface area contributed by atoms with E-state index in [1.54, 1.807) is 5.32 Å². The summed E-state index contributed by atoms with van der Waals surface area (Å²) < 4.78 is 74.2. The van der Waals surface area contributed by atoms with Crippen LogP contribution in [-0.2, 0) is 12.4 Å². The van der Waals surface area contributed by atoms with Crippen LogP contribution < -0.4 is 11.1 Å². The lowest BCUT2D eigenvalue weighted by Crippen LogP contribution is -2.20. The summed E-state index contributed by atoms with van der Waals surface area (Å²) >= 11 is 0. The molecule has 0 radical (unpaired) electrons. The lowest BCUT2D eigenvalue weighted by molar-refractivity contribution is -0.143. The Hall–Kier alpha value is -1.93. The molecule has 0 aromatic heterocycles. The molecule has 3 nitrogen and oxygen atoms in total. The zero-order valence-electron chi connectivity index (χ0n) is 8.49. The molecule has 0 aliphatic heterocycles. The quantitative estimate of drug-likeness (QED) is 0.758. The predicted octanol–water partition coefficient (Wildman–Crippen LogP) is 3.21. The minimum atomic E-state index is -4.96. The van der Waals surface area contributed by atoms with E-state index in [4.69, 9.17) is 0 Å². The first-order chi connectivity index (χ1) is 8.00. The van der Waals surface area contributed by atoms with Gasteiger partial charge in [0.15, 0.2) is 0 Å². The third kappa shape index (κ3) is 3.54. The standard InChI is InChI=1S/C9H6F6N2O/c10-8(11,12)4-1-5(9(13,14)15)3-6(2-4)17-7(16)18/h1-3H,(H3,16,17,18). The number of nitrogens with two attached hydrogens (primary N) is 1. The maximum Gasteiger partial charge on any atom is 0.416 e. The summed E-state index contributed by atoms with van der Waals surface area (Å²) in [6, 6.07) is -0.589. The highest BCUT2D eigenvalue weighted by Crippen LogP contribution is 2.37. The van der Waals surface area contributed by atoms with Gasteiger partial charge in [-0.05, 0) is 18.2 Å². The van der Waals surface area contributed by atoms with E-state index in [-0.39, 0.29) is 6.07 Å². The first-order valence-electron chi connectivity index (χ1n) is 4.36. The molecule has 1 aromatic rings. The summed E-state index contributed by atoms with van der Waals surface area (Å²) in [5, 5.41) is 1.67. The number of amides is 2.